The van der Waals surface area contributed by atoms with Gasteiger partial charge in [-0.25, -0.2) is 0 Å². The van der Waals surface area contributed by atoms with Gasteiger partial charge in [-0.3, -0.25) is 14.4 Å². The number of nitrogens with zero attached hydrogens (tertiary/aromatic N) is 1. The molecule has 0 radical (unpaired) electrons. The van der Waals surface area contributed by atoms with E-state index in [4.69, 9.17) is 21.1 Å². The fourth-order valence-electron chi connectivity index (χ4n) is 6.83. The van der Waals surface area contributed by atoms with Gasteiger partial charge in [-0.2, -0.15) is 0 Å². The van der Waals surface area contributed by atoms with Crippen molar-refractivity contribution in [3.8, 4) is 0 Å². The molecule has 1 aliphatic carbocycles. The minimum Gasteiger partial charge on any atom is -0.382 e. The molecule has 1 saturated carbocycles. The zero-order chi connectivity index (χ0) is 27.0. The highest BCUT2D eigenvalue weighted by atomic mass is 35.5. The third-order valence-electron chi connectivity index (χ3n) is 8.94. The van der Waals surface area contributed by atoms with E-state index in [1.807, 2.05) is 19.1 Å². The van der Waals surface area contributed by atoms with Crippen molar-refractivity contribution in [2.45, 2.75) is 70.2 Å². The number of anilines is 1. The van der Waals surface area contributed by atoms with Gasteiger partial charge in [-0.15, -0.1) is 0 Å². The van der Waals surface area contributed by atoms with Gasteiger partial charge < -0.3 is 25.0 Å². The van der Waals surface area contributed by atoms with Gasteiger partial charge >= 0.3 is 0 Å². The van der Waals surface area contributed by atoms with Crippen LogP contribution in [0.2, 0.25) is 5.02 Å². The summed E-state index contributed by atoms with van der Waals surface area (Å²) in [6.45, 7) is 7.76. The lowest BCUT2D eigenvalue weighted by Gasteiger charge is -2.38. The first-order valence-corrected chi connectivity index (χ1v) is 14.3. The molecule has 4 aliphatic rings. The summed E-state index contributed by atoms with van der Waals surface area (Å²) in [5, 5.41) is 6.69. The van der Waals surface area contributed by atoms with Crippen LogP contribution in [-0.2, 0) is 23.9 Å². The minimum absolute atomic E-state index is 0.0478. The first kappa shape index (κ1) is 27.2. The van der Waals surface area contributed by atoms with E-state index in [2.05, 4.69) is 24.5 Å². The quantitative estimate of drug-likeness (QED) is 0.365. The van der Waals surface area contributed by atoms with Gasteiger partial charge in [0.1, 0.15) is 11.6 Å². The predicted octanol–water partition coefficient (Wildman–Crippen LogP) is 3.80. The summed E-state index contributed by atoms with van der Waals surface area (Å²) in [4.78, 5) is 43.1. The van der Waals surface area contributed by atoms with Gasteiger partial charge in [-0.05, 0) is 49.8 Å². The molecule has 206 valence electrons. The van der Waals surface area contributed by atoms with Crippen molar-refractivity contribution < 1.29 is 23.9 Å². The molecule has 8 nitrogen and oxygen atoms in total. The molecule has 3 amide bonds. The van der Waals surface area contributed by atoms with Crippen molar-refractivity contribution in [2.24, 2.45) is 23.7 Å². The molecule has 1 aromatic rings. The first-order valence-electron chi connectivity index (χ1n) is 13.9. The molecule has 2 bridgehead atoms. The van der Waals surface area contributed by atoms with Crippen molar-refractivity contribution in [3.05, 3.63) is 41.4 Å². The number of fused-ring (bicyclic) bond motifs is 1. The van der Waals surface area contributed by atoms with E-state index in [0.29, 0.717) is 48.7 Å². The molecule has 8 atom stereocenters. The van der Waals surface area contributed by atoms with Gasteiger partial charge in [0.2, 0.25) is 17.7 Å². The van der Waals surface area contributed by atoms with E-state index in [1.165, 1.54) is 0 Å². The molecule has 5 rings (SSSR count). The smallest absolute Gasteiger partial charge is 0.246 e. The topological polar surface area (TPSA) is 97.0 Å². The Morgan fingerprint density at radius 3 is 2.82 bits per heavy atom. The zero-order valence-corrected chi connectivity index (χ0v) is 23.1. The van der Waals surface area contributed by atoms with Crippen molar-refractivity contribution in [1.82, 2.24) is 10.2 Å². The standard InChI is InChI=1S/C29H38ClN3O5/c1-4-37-15-7-14-33-25(27(35)32-21-11-5-8-17(2)18(21)3)29-13-12-22(38-29)23(24(29)28(33)36)26(34)31-20-10-6-9-19(30)16-20/h6,9-10,12-13,16-18,21-25H,4-5,7-8,11,14-15H2,1-3H3,(H,31,34)(H,32,35)/t17-,18+,21-,22+,23-,24+,25+,29+/m1/s1. The second-order valence-electron chi connectivity index (χ2n) is 11.2. The average molecular weight is 544 g/mol. The van der Waals surface area contributed by atoms with Crippen LogP contribution in [-0.4, -0.2) is 66.2 Å². The maximum absolute atomic E-state index is 14.0. The number of benzene rings is 1. The van der Waals surface area contributed by atoms with Crippen molar-refractivity contribution in [2.75, 3.05) is 25.1 Å². The lowest BCUT2D eigenvalue weighted by molar-refractivity contribution is -0.141. The second kappa shape index (κ2) is 11.0. The van der Waals surface area contributed by atoms with E-state index in [0.717, 1.165) is 19.3 Å². The highest BCUT2D eigenvalue weighted by molar-refractivity contribution is 6.30. The van der Waals surface area contributed by atoms with Crippen LogP contribution in [0.5, 0.6) is 0 Å². The van der Waals surface area contributed by atoms with Gasteiger partial charge in [0, 0.05) is 36.5 Å². The molecule has 38 heavy (non-hydrogen) atoms. The summed E-state index contributed by atoms with van der Waals surface area (Å²) in [5.74, 6) is -1.39. The molecule has 2 saturated heterocycles. The minimum atomic E-state index is -1.17. The molecular formula is C29H38ClN3O5. The highest BCUT2D eigenvalue weighted by Crippen LogP contribution is 2.55. The molecule has 2 N–H and O–H groups in total. The Labute approximate surface area is 229 Å². The zero-order valence-electron chi connectivity index (χ0n) is 22.3. The third kappa shape index (κ3) is 4.75. The van der Waals surface area contributed by atoms with Crippen molar-refractivity contribution >= 4 is 35.0 Å². The molecule has 3 aliphatic heterocycles. The fraction of sp³-hybridized carbons (Fsp3) is 0.621. The lowest BCUT2D eigenvalue weighted by Crippen LogP contribution is -2.58. The number of hydrogen-bond acceptors (Lipinski definition) is 5. The van der Waals surface area contributed by atoms with Crippen LogP contribution in [0.15, 0.2) is 36.4 Å². The van der Waals surface area contributed by atoms with Gasteiger partial charge in [-0.1, -0.05) is 56.5 Å². The molecule has 0 aromatic heterocycles. The monoisotopic (exact) mass is 543 g/mol. The maximum Gasteiger partial charge on any atom is 0.246 e. The number of ether oxygens (including phenoxy) is 2. The van der Waals surface area contributed by atoms with Crippen LogP contribution in [0.1, 0.15) is 46.5 Å². The maximum atomic E-state index is 14.0. The summed E-state index contributed by atoms with van der Waals surface area (Å²) >= 11 is 6.10. The van der Waals surface area contributed by atoms with Crippen molar-refractivity contribution in [1.29, 1.82) is 0 Å². The lowest BCUT2D eigenvalue weighted by atomic mass is 9.73. The second-order valence-corrected chi connectivity index (χ2v) is 11.6. The summed E-state index contributed by atoms with van der Waals surface area (Å²) in [6.07, 6.45) is 6.85. The highest BCUT2D eigenvalue weighted by Gasteiger charge is 2.72. The number of carbonyl (C=O) groups excluding carboxylic acids is 3. The summed E-state index contributed by atoms with van der Waals surface area (Å²) < 4.78 is 11.9. The number of nitrogens with one attached hydrogen (secondary N) is 2. The van der Waals surface area contributed by atoms with Crippen molar-refractivity contribution in [3.63, 3.8) is 0 Å². The molecule has 1 spiro atoms. The van der Waals surface area contributed by atoms with E-state index in [1.54, 1.807) is 29.2 Å². The molecule has 3 fully saturated rings. The van der Waals surface area contributed by atoms with Crippen LogP contribution < -0.4 is 10.6 Å². The Morgan fingerprint density at radius 1 is 1.24 bits per heavy atom. The fourth-order valence-corrected chi connectivity index (χ4v) is 7.02. The van der Waals surface area contributed by atoms with Crippen LogP contribution in [0.3, 0.4) is 0 Å². The molecule has 9 heteroatoms. The number of hydrogen-bond donors (Lipinski definition) is 2. The van der Waals surface area contributed by atoms with Crippen LogP contribution in [0, 0.1) is 23.7 Å². The predicted molar refractivity (Wildman–Crippen MR) is 145 cm³/mol. The summed E-state index contributed by atoms with van der Waals surface area (Å²) in [5.41, 5.74) is -0.617. The van der Waals surface area contributed by atoms with Gasteiger partial charge in [0.25, 0.3) is 0 Å². The SMILES string of the molecule is CCOCCCN1C(=O)[C@@H]2[C@H](C(=O)Nc3cccc(Cl)c3)[C@@H]3C=C[C@@]2(O3)[C@@H]1C(=O)N[C@@H]1CCC[C@@H](C)[C@@H]1C. The molecule has 3 heterocycles. The normalized spacial score (nSPS) is 35.4. The Morgan fingerprint density at radius 2 is 2.05 bits per heavy atom. The Bertz CT molecular complexity index is 1110. The Hall–Kier alpha value is -2.42. The molecule has 0 unspecified atom stereocenters. The number of carbonyl (C=O) groups is 3. The number of likely N-dealkylation sites (tertiary alicyclic amines) is 1. The van der Waals surface area contributed by atoms with Crippen LogP contribution in [0.4, 0.5) is 5.69 Å². The van der Waals surface area contributed by atoms with E-state index in [9.17, 15) is 14.4 Å². The largest absolute Gasteiger partial charge is 0.382 e. The Balaban J connectivity index is 1.41. The molecular weight excluding hydrogens is 506 g/mol. The average Bonchev–Trinajstić information content (AvgIpc) is 3.52. The van der Waals surface area contributed by atoms with Gasteiger partial charge in [0.05, 0.1) is 17.9 Å². The van der Waals surface area contributed by atoms with E-state index < -0.39 is 29.6 Å². The van der Waals surface area contributed by atoms with E-state index in [-0.39, 0.29) is 23.8 Å². The van der Waals surface area contributed by atoms with Crippen LogP contribution in [0.25, 0.3) is 0 Å². The summed E-state index contributed by atoms with van der Waals surface area (Å²) in [6, 6.07) is 6.11. The first-order chi connectivity index (χ1) is 18.3. The number of halogens is 1. The van der Waals surface area contributed by atoms with Crippen LogP contribution >= 0.6 is 11.6 Å². The van der Waals surface area contributed by atoms with E-state index >= 15 is 0 Å². The number of amides is 3. The third-order valence-corrected chi connectivity index (χ3v) is 9.18. The Kier molecular flexibility index (Phi) is 7.85. The number of rotatable bonds is 9. The summed E-state index contributed by atoms with van der Waals surface area (Å²) in [7, 11) is 0. The molecule has 1 aromatic carbocycles. The van der Waals surface area contributed by atoms with Gasteiger partial charge in [0.15, 0.2) is 0 Å².